The molecular weight excluding hydrogens is 268 g/mol. The molecule has 0 heterocycles. The normalized spacial score (nSPS) is 20.0. The maximum Gasteiger partial charge on any atom is 0.125 e. The predicted octanol–water partition coefficient (Wildman–Crippen LogP) is 7.04. The lowest BCUT2D eigenvalue weighted by Crippen LogP contribution is -2.37. The van der Waals surface area contributed by atoms with Crippen LogP contribution in [0.3, 0.4) is 0 Å². The van der Waals surface area contributed by atoms with Gasteiger partial charge in [-0.15, -0.1) is 0 Å². The van der Waals surface area contributed by atoms with Crippen molar-refractivity contribution < 1.29 is 4.79 Å². The minimum absolute atomic E-state index is 0.0972. The number of hydrogen-bond donors (Lipinski definition) is 0. The Balaban J connectivity index is 0.000000421. The Hall–Kier alpha value is -0.330. The molecule has 0 aromatic rings. The fourth-order valence-electron chi connectivity index (χ4n) is 3.42. The van der Waals surface area contributed by atoms with E-state index in [9.17, 15) is 4.79 Å². The van der Waals surface area contributed by atoms with E-state index < -0.39 is 0 Å². The van der Waals surface area contributed by atoms with Gasteiger partial charge in [-0.05, 0) is 49.4 Å². The lowest BCUT2D eigenvalue weighted by atomic mass is 9.58. The molecule has 0 aromatic carbocycles. The maximum atomic E-state index is 10.1. The highest BCUT2D eigenvalue weighted by Gasteiger charge is 2.39. The first-order chi connectivity index (χ1) is 10.3. The zero-order valence-corrected chi connectivity index (χ0v) is 16.5. The molecule has 0 spiro atoms. The van der Waals surface area contributed by atoms with Gasteiger partial charge in [-0.25, -0.2) is 0 Å². The van der Waals surface area contributed by atoms with Crippen LogP contribution < -0.4 is 0 Å². The van der Waals surface area contributed by atoms with Crippen LogP contribution >= 0.6 is 0 Å². The molecule has 132 valence electrons. The Kier molecular flexibility index (Phi) is 10.3. The van der Waals surface area contributed by atoms with Crippen molar-refractivity contribution in [2.45, 2.75) is 106 Å². The zero-order valence-electron chi connectivity index (χ0n) is 16.5. The quantitative estimate of drug-likeness (QED) is 0.509. The van der Waals surface area contributed by atoms with Crippen LogP contribution in [0, 0.1) is 22.7 Å². The molecule has 2 fully saturated rings. The number of carbonyl (C=O) groups excluding carboxylic acids is 1. The van der Waals surface area contributed by atoms with E-state index in [2.05, 4.69) is 13.8 Å². The van der Waals surface area contributed by atoms with Crippen LogP contribution in [0.4, 0.5) is 0 Å². The maximum absolute atomic E-state index is 10.1. The van der Waals surface area contributed by atoms with Crippen molar-refractivity contribution in [3.8, 4) is 0 Å². The molecule has 1 nitrogen and oxygen atoms in total. The van der Waals surface area contributed by atoms with E-state index >= 15 is 0 Å². The van der Waals surface area contributed by atoms with Gasteiger partial charge in [0.25, 0.3) is 0 Å². The molecule has 0 saturated heterocycles. The van der Waals surface area contributed by atoms with Crippen molar-refractivity contribution in [3.63, 3.8) is 0 Å². The molecule has 2 aliphatic rings. The van der Waals surface area contributed by atoms with Gasteiger partial charge in [-0.1, -0.05) is 74.1 Å². The monoisotopic (exact) mass is 310 g/mol. The highest BCUT2D eigenvalue weighted by atomic mass is 16.1. The lowest BCUT2D eigenvalue weighted by Gasteiger charge is -2.47. The van der Waals surface area contributed by atoms with Crippen LogP contribution in [0.5, 0.6) is 0 Å². The third kappa shape index (κ3) is 6.84. The topological polar surface area (TPSA) is 17.1 Å². The van der Waals surface area contributed by atoms with Crippen molar-refractivity contribution in [2.75, 3.05) is 0 Å². The summed E-state index contributed by atoms with van der Waals surface area (Å²) >= 11 is 0. The summed E-state index contributed by atoms with van der Waals surface area (Å²) in [6.45, 7) is 14.9. The van der Waals surface area contributed by atoms with Gasteiger partial charge in [0.15, 0.2) is 0 Å². The first-order valence-electron chi connectivity index (χ1n) is 9.80. The second-order valence-electron chi connectivity index (χ2n) is 8.24. The summed E-state index contributed by atoms with van der Waals surface area (Å²) in [7, 11) is 0. The Bertz CT molecular complexity index is 280. The van der Waals surface area contributed by atoms with E-state index in [1.165, 1.54) is 51.4 Å². The minimum atomic E-state index is -0.0972. The number of hydrogen-bond acceptors (Lipinski definition) is 1. The summed E-state index contributed by atoms with van der Waals surface area (Å²) in [6, 6.07) is 0. The molecule has 0 N–H and O–H groups in total. The molecule has 2 rings (SSSR count). The van der Waals surface area contributed by atoms with E-state index in [4.69, 9.17) is 0 Å². The van der Waals surface area contributed by atoms with Crippen LogP contribution in [0.1, 0.15) is 106 Å². The number of rotatable bonds is 4. The second kappa shape index (κ2) is 10.4. The highest BCUT2D eigenvalue weighted by molar-refractivity contribution is 5.57. The molecule has 0 radical (unpaired) electrons. The summed E-state index contributed by atoms with van der Waals surface area (Å²) in [5, 5.41) is 0. The van der Waals surface area contributed by atoms with Crippen LogP contribution in [-0.2, 0) is 4.79 Å². The number of aldehydes is 1. The molecule has 1 heteroatoms. The first-order valence-corrected chi connectivity index (χ1v) is 9.80. The summed E-state index contributed by atoms with van der Waals surface area (Å²) in [5.74, 6) is 2.11. The molecule has 0 atom stereocenters. The van der Waals surface area contributed by atoms with Crippen LogP contribution in [0.2, 0.25) is 0 Å². The Morgan fingerprint density at radius 1 is 0.818 bits per heavy atom. The van der Waals surface area contributed by atoms with E-state index in [0.717, 1.165) is 24.5 Å². The van der Waals surface area contributed by atoms with E-state index in [1.54, 1.807) is 0 Å². The van der Waals surface area contributed by atoms with Crippen LogP contribution in [0.25, 0.3) is 0 Å². The summed E-state index contributed by atoms with van der Waals surface area (Å²) < 4.78 is 0. The van der Waals surface area contributed by atoms with E-state index in [-0.39, 0.29) is 5.41 Å². The van der Waals surface area contributed by atoms with E-state index in [1.807, 2.05) is 34.6 Å². The largest absolute Gasteiger partial charge is 0.303 e. The highest BCUT2D eigenvalue weighted by Crippen LogP contribution is 2.50. The van der Waals surface area contributed by atoms with Gasteiger partial charge < -0.3 is 4.79 Å². The average Bonchev–Trinajstić information content (AvgIpc) is 2.49. The van der Waals surface area contributed by atoms with Crippen LogP contribution in [0.15, 0.2) is 0 Å². The Labute approximate surface area is 140 Å². The van der Waals surface area contributed by atoms with E-state index in [0.29, 0.717) is 5.41 Å². The van der Waals surface area contributed by atoms with Crippen molar-refractivity contribution in [1.29, 1.82) is 0 Å². The smallest absolute Gasteiger partial charge is 0.125 e. The van der Waals surface area contributed by atoms with Gasteiger partial charge >= 0.3 is 0 Å². The third-order valence-corrected chi connectivity index (χ3v) is 6.05. The number of carbonyl (C=O) groups is 1. The predicted molar refractivity (Wildman–Crippen MR) is 99.2 cm³/mol. The Morgan fingerprint density at radius 2 is 1.23 bits per heavy atom. The summed E-state index contributed by atoms with van der Waals surface area (Å²) in [5.41, 5.74) is 0.568. The summed E-state index contributed by atoms with van der Waals surface area (Å²) in [6.07, 6.45) is 14.0. The van der Waals surface area contributed by atoms with Gasteiger partial charge in [0.05, 0.1) is 0 Å². The molecular formula is C21H42O. The van der Waals surface area contributed by atoms with Gasteiger partial charge in [0.2, 0.25) is 0 Å². The molecule has 0 bridgehead atoms. The van der Waals surface area contributed by atoms with Crippen molar-refractivity contribution in [3.05, 3.63) is 0 Å². The van der Waals surface area contributed by atoms with Gasteiger partial charge in [-0.2, -0.15) is 0 Å². The van der Waals surface area contributed by atoms with Crippen molar-refractivity contribution >= 4 is 6.29 Å². The fourth-order valence-corrected chi connectivity index (χ4v) is 3.42. The van der Waals surface area contributed by atoms with Gasteiger partial charge in [-0.3, -0.25) is 0 Å². The molecule has 0 aromatic heterocycles. The fraction of sp³-hybridized carbons (Fsp3) is 0.952. The molecule has 22 heavy (non-hydrogen) atoms. The third-order valence-electron chi connectivity index (χ3n) is 6.05. The molecule has 0 amide bonds. The molecule has 2 aliphatic carbocycles. The lowest BCUT2D eigenvalue weighted by molar-refractivity contribution is -0.114. The average molecular weight is 311 g/mol. The minimum Gasteiger partial charge on any atom is -0.303 e. The van der Waals surface area contributed by atoms with Crippen molar-refractivity contribution in [1.82, 2.24) is 0 Å². The van der Waals surface area contributed by atoms with Crippen molar-refractivity contribution in [2.24, 2.45) is 22.7 Å². The SMILES string of the molecule is CC.CC(C)(C1CCCCC1)C1CCC1.CCC(C)(C)C=O. The first kappa shape index (κ1) is 21.7. The van der Waals surface area contributed by atoms with Gasteiger partial charge in [0.1, 0.15) is 6.29 Å². The molecule has 0 unspecified atom stereocenters. The van der Waals surface area contributed by atoms with Gasteiger partial charge in [0, 0.05) is 5.41 Å². The zero-order chi connectivity index (χ0) is 17.2. The Morgan fingerprint density at radius 3 is 1.45 bits per heavy atom. The molecule has 0 aliphatic heterocycles. The standard InChI is InChI=1S/C13H24.C6H12O.C2H6/c1-13(2,12-9-6-10-12)11-7-4-3-5-8-11;1-4-6(2,3)5-7;1-2/h11-12H,3-10H2,1-2H3;5H,4H2,1-3H3;1-2H3. The molecule has 2 saturated carbocycles. The van der Waals surface area contributed by atoms with Crippen LogP contribution in [-0.4, -0.2) is 6.29 Å². The second-order valence-corrected chi connectivity index (χ2v) is 8.24. The summed E-state index contributed by atoms with van der Waals surface area (Å²) in [4.78, 5) is 10.1.